The number of carbonyl (C=O) groups is 2. The van der Waals surface area contributed by atoms with Crippen LogP contribution < -0.4 is 20.7 Å². The van der Waals surface area contributed by atoms with Crippen molar-refractivity contribution in [2.24, 2.45) is 5.73 Å². The number of allylic oxidation sites excluding steroid dienone is 3. The molecule has 2 aromatic carbocycles. The quantitative estimate of drug-likeness (QED) is 0.361. The van der Waals surface area contributed by atoms with Gasteiger partial charge in [-0.25, -0.2) is 0 Å². The van der Waals surface area contributed by atoms with Gasteiger partial charge in [-0.1, -0.05) is 59.0 Å². The molecule has 0 radical (unpaired) electrons. The Hall–Kier alpha value is -3.85. The summed E-state index contributed by atoms with van der Waals surface area (Å²) in [6.45, 7) is 0. The SMILES string of the molecule is COc1ccccc1C1C(C#N)=C(N)N(c2nnc(SCC(=O)Nc3cccc(Cl)c3)s2)C2=C1C(=O)CCC2. The lowest BCUT2D eigenvalue weighted by Crippen LogP contribution is -2.38. The van der Waals surface area contributed by atoms with Crippen molar-refractivity contribution in [2.75, 3.05) is 23.1 Å². The van der Waals surface area contributed by atoms with E-state index in [1.54, 1.807) is 42.3 Å². The van der Waals surface area contributed by atoms with Crippen molar-refractivity contribution in [2.45, 2.75) is 29.5 Å². The van der Waals surface area contributed by atoms with E-state index >= 15 is 0 Å². The van der Waals surface area contributed by atoms with E-state index in [2.05, 4.69) is 21.6 Å². The zero-order chi connectivity index (χ0) is 27.5. The number of nitriles is 1. The molecular weight excluding hydrogens is 556 g/mol. The van der Waals surface area contributed by atoms with Crippen molar-refractivity contribution in [3.63, 3.8) is 0 Å². The number of nitrogens with zero attached hydrogens (tertiary/aromatic N) is 4. The van der Waals surface area contributed by atoms with E-state index in [-0.39, 0.29) is 28.8 Å². The number of ketones is 1. The molecule has 1 unspecified atom stereocenters. The molecule has 9 nitrogen and oxygen atoms in total. The molecule has 198 valence electrons. The number of nitrogens with one attached hydrogen (secondary N) is 1. The Kier molecular flexibility index (Phi) is 7.88. The highest BCUT2D eigenvalue weighted by Crippen LogP contribution is 2.48. The number of ether oxygens (including phenoxy) is 1. The van der Waals surface area contributed by atoms with Crippen molar-refractivity contribution in [1.29, 1.82) is 5.26 Å². The second-order valence-corrected chi connectivity index (χ2v) is 11.4. The fourth-order valence-electron chi connectivity index (χ4n) is 4.76. The number of benzene rings is 2. The van der Waals surface area contributed by atoms with E-state index in [0.717, 1.165) is 0 Å². The van der Waals surface area contributed by atoms with Crippen molar-refractivity contribution in [3.8, 4) is 11.8 Å². The van der Waals surface area contributed by atoms with Crippen LogP contribution in [-0.2, 0) is 9.59 Å². The summed E-state index contributed by atoms with van der Waals surface area (Å²) < 4.78 is 6.11. The average Bonchev–Trinajstić information content (AvgIpc) is 3.40. The van der Waals surface area contributed by atoms with Gasteiger partial charge in [0.2, 0.25) is 11.0 Å². The Morgan fingerprint density at radius 2 is 2.10 bits per heavy atom. The fourth-order valence-corrected chi connectivity index (χ4v) is 6.63. The van der Waals surface area contributed by atoms with E-state index in [0.29, 0.717) is 62.0 Å². The van der Waals surface area contributed by atoms with Crippen LogP contribution in [0.4, 0.5) is 10.8 Å². The van der Waals surface area contributed by atoms with Crippen molar-refractivity contribution >= 4 is 57.2 Å². The minimum atomic E-state index is -0.637. The second kappa shape index (κ2) is 11.5. The number of halogens is 1. The topological polar surface area (TPSA) is 134 Å². The first-order chi connectivity index (χ1) is 18.9. The maximum Gasteiger partial charge on any atom is 0.234 e. The van der Waals surface area contributed by atoms with Gasteiger partial charge in [-0.15, -0.1) is 10.2 Å². The van der Waals surface area contributed by atoms with Crippen molar-refractivity contribution in [1.82, 2.24) is 10.2 Å². The molecule has 0 bridgehead atoms. The number of nitrogens with two attached hydrogens (primary N) is 1. The summed E-state index contributed by atoms with van der Waals surface area (Å²) in [5, 5.41) is 22.5. The number of carbonyl (C=O) groups excluding carboxylic acids is 2. The smallest absolute Gasteiger partial charge is 0.234 e. The molecular formula is C27H23ClN6O3S2. The Morgan fingerprint density at radius 3 is 2.87 bits per heavy atom. The highest BCUT2D eigenvalue weighted by atomic mass is 35.5. The summed E-state index contributed by atoms with van der Waals surface area (Å²) in [4.78, 5) is 27.4. The predicted octanol–water partition coefficient (Wildman–Crippen LogP) is 5.24. The lowest BCUT2D eigenvalue weighted by Gasteiger charge is -2.38. The molecule has 2 aliphatic rings. The van der Waals surface area contributed by atoms with Crippen LogP contribution in [-0.4, -0.2) is 34.8 Å². The van der Waals surface area contributed by atoms with Crippen LogP contribution in [0, 0.1) is 11.3 Å². The van der Waals surface area contributed by atoms with Crippen LogP contribution in [0.25, 0.3) is 0 Å². The summed E-state index contributed by atoms with van der Waals surface area (Å²) in [6.07, 6.45) is 1.64. The van der Waals surface area contributed by atoms with Gasteiger partial charge in [-0.3, -0.25) is 14.5 Å². The van der Waals surface area contributed by atoms with Gasteiger partial charge in [0.05, 0.1) is 30.4 Å². The van der Waals surface area contributed by atoms with E-state index < -0.39 is 5.92 Å². The normalized spacial score (nSPS) is 17.1. The number of methoxy groups -OCH3 is 1. The van der Waals surface area contributed by atoms with Gasteiger partial charge in [0.15, 0.2) is 10.1 Å². The number of aromatic nitrogens is 2. The Morgan fingerprint density at radius 1 is 1.28 bits per heavy atom. The van der Waals surface area contributed by atoms with Crippen molar-refractivity contribution < 1.29 is 14.3 Å². The van der Waals surface area contributed by atoms with Gasteiger partial charge in [0, 0.05) is 34.0 Å². The molecule has 1 amide bonds. The van der Waals surface area contributed by atoms with Crippen LogP contribution in [0.5, 0.6) is 5.75 Å². The first-order valence-corrected chi connectivity index (χ1v) is 14.2. The monoisotopic (exact) mass is 578 g/mol. The highest BCUT2D eigenvalue weighted by molar-refractivity contribution is 8.01. The molecule has 1 aromatic heterocycles. The molecule has 5 rings (SSSR count). The first kappa shape index (κ1) is 26.7. The summed E-state index contributed by atoms with van der Waals surface area (Å²) in [6, 6.07) is 16.5. The van der Waals surface area contributed by atoms with Crippen LogP contribution in [0.3, 0.4) is 0 Å². The lowest BCUT2D eigenvalue weighted by molar-refractivity contribution is -0.116. The average molecular weight is 579 g/mol. The van der Waals surface area contributed by atoms with Gasteiger partial charge in [0.1, 0.15) is 11.6 Å². The zero-order valence-electron chi connectivity index (χ0n) is 20.8. The number of amides is 1. The molecule has 3 N–H and O–H groups in total. The minimum Gasteiger partial charge on any atom is -0.496 e. The van der Waals surface area contributed by atoms with Crippen LogP contribution in [0.1, 0.15) is 30.7 Å². The van der Waals surface area contributed by atoms with Gasteiger partial charge in [-0.05, 0) is 37.1 Å². The van der Waals surface area contributed by atoms with E-state index in [4.69, 9.17) is 22.1 Å². The number of hydrogen-bond acceptors (Lipinski definition) is 10. The van der Waals surface area contributed by atoms with Crippen molar-refractivity contribution in [3.05, 3.63) is 81.8 Å². The maximum absolute atomic E-state index is 13.3. The summed E-state index contributed by atoms with van der Waals surface area (Å²) >= 11 is 8.45. The molecule has 12 heteroatoms. The molecule has 0 saturated carbocycles. The molecule has 0 spiro atoms. The predicted molar refractivity (Wildman–Crippen MR) is 152 cm³/mol. The highest BCUT2D eigenvalue weighted by Gasteiger charge is 2.42. The Bertz CT molecular complexity index is 1560. The lowest BCUT2D eigenvalue weighted by atomic mass is 9.75. The number of para-hydroxylation sites is 1. The summed E-state index contributed by atoms with van der Waals surface area (Å²) in [5.74, 6) is 0.000715. The first-order valence-electron chi connectivity index (χ1n) is 12.0. The molecule has 1 atom stereocenters. The molecule has 39 heavy (non-hydrogen) atoms. The zero-order valence-corrected chi connectivity index (χ0v) is 23.2. The Labute approximate surface area is 238 Å². The third-order valence-electron chi connectivity index (χ3n) is 6.39. The maximum atomic E-state index is 13.3. The van der Waals surface area contributed by atoms with E-state index in [1.165, 1.54) is 23.1 Å². The largest absolute Gasteiger partial charge is 0.496 e. The van der Waals surface area contributed by atoms with Gasteiger partial charge < -0.3 is 15.8 Å². The Balaban J connectivity index is 1.44. The standard InChI is InChI=1S/C27H23ClN6O3S2/c1-37-21-11-3-2-8-17(21)23-18(13-29)25(30)34(19-9-5-10-20(35)24(19)23)26-32-33-27(39-26)38-14-22(36)31-16-7-4-6-15(28)12-16/h2-4,6-8,11-12,23H,5,9-10,14,30H2,1H3,(H,31,36). The molecule has 0 fully saturated rings. The van der Waals surface area contributed by atoms with Gasteiger partial charge in [-0.2, -0.15) is 5.26 Å². The van der Waals surface area contributed by atoms with Crippen LogP contribution >= 0.6 is 34.7 Å². The second-order valence-electron chi connectivity index (χ2n) is 8.76. The summed E-state index contributed by atoms with van der Waals surface area (Å²) in [7, 11) is 1.56. The molecule has 2 heterocycles. The van der Waals surface area contributed by atoms with Crippen LogP contribution in [0.15, 0.2) is 75.5 Å². The van der Waals surface area contributed by atoms with Crippen LogP contribution in [0.2, 0.25) is 5.02 Å². The minimum absolute atomic E-state index is 0.0331. The number of Topliss-reactive ketones (excluding diaryl/α,β-unsaturated/α-hetero) is 1. The number of thioether (sulfide) groups is 1. The number of rotatable bonds is 7. The number of hydrogen-bond donors (Lipinski definition) is 2. The molecule has 0 saturated heterocycles. The summed E-state index contributed by atoms with van der Waals surface area (Å²) in [5.41, 5.74) is 9.43. The molecule has 1 aliphatic heterocycles. The van der Waals surface area contributed by atoms with E-state index in [1.807, 2.05) is 18.2 Å². The van der Waals surface area contributed by atoms with Gasteiger partial charge >= 0.3 is 0 Å². The third kappa shape index (κ3) is 5.36. The number of anilines is 2. The molecule has 1 aliphatic carbocycles. The fraction of sp³-hybridized carbons (Fsp3) is 0.222. The van der Waals surface area contributed by atoms with E-state index in [9.17, 15) is 14.9 Å². The third-order valence-corrected chi connectivity index (χ3v) is 8.66. The molecule has 3 aromatic rings. The van der Waals surface area contributed by atoms with Gasteiger partial charge in [0.25, 0.3) is 0 Å².